The Morgan fingerprint density at radius 2 is 2.09 bits per heavy atom. The molecule has 116 valence electrons. The summed E-state index contributed by atoms with van der Waals surface area (Å²) in [7, 11) is 1.68. The van der Waals surface area contributed by atoms with Crippen LogP contribution in [-0.4, -0.2) is 22.8 Å². The van der Waals surface area contributed by atoms with E-state index in [0.717, 1.165) is 34.2 Å². The SMILES string of the molecule is COC1=CC(c2cc3ccsc3[nH]2)=N/C1=C\c1[nH]c(C)cc1C. The number of nitrogens with zero attached hydrogens (tertiary/aromatic N) is 1. The van der Waals surface area contributed by atoms with Gasteiger partial charge in [-0.15, -0.1) is 11.3 Å². The lowest BCUT2D eigenvalue weighted by Gasteiger charge is -2.01. The predicted molar refractivity (Wildman–Crippen MR) is 96.0 cm³/mol. The fraction of sp³-hybridized carbons (Fsp3) is 0.167. The first-order chi connectivity index (χ1) is 11.1. The maximum Gasteiger partial charge on any atom is 0.146 e. The van der Waals surface area contributed by atoms with Crippen molar-refractivity contribution >= 4 is 33.3 Å². The number of aromatic nitrogens is 2. The number of nitrogens with one attached hydrogen (secondary N) is 2. The number of hydrogen-bond acceptors (Lipinski definition) is 3. The average molecular weight is 323 g/mol. The second-order valence-electron chi connectivity index (χ2n) is 5.68. The zero-order valence-corrected chi connectivity index (χ0v) is 14.0. The van der Waals surface area contributed by atoms with Crippen LogP contribution in [0.25, 0.3) is 16.3 Å². The summed E-state index contributed by atoms with van der Waals surface area (Å²) in [5, 5.41) is 3.30. The molecule has 0 aliphatic carbocycles. The lowest BCUT2D eigenvalue weighted by atomic mass is 10.2. The highest BCUT2D eigenvalue weighted by Gasteiger charge is 2.18. The topological polar surface area (TPSA) is 53.2 Å². The molecular formula is C18H17N3OS. The van der Waals surface area contributed by atoms with Crippen LogP contribution in [0.3, 0.4) is 0 Å². The molecule has 0 aromatic carbocycles. The van der Waals surface area contributed by atoms with E-state index < -0.39 is 0 Å². The van der Waals surface area contributed by atoms with Crippen LogP contribution in [0.5, 0.6) is 0 Å². The molecule has 0 atom stereocenters. The molecule has 0 amide bonds. The predicted octanol–water partition coefficient (Wildman–Crippen LogP) is 4.55. The maximum atomic E-state index is 5.50. The Bertz CT molecular complexity index is 953. The molecule has 0 saturated carbocycles. The first-order valence-corrected chi connectivity index (χ1v) is 8.31. The van der Waals surface area contributed by atoms with Crippen LogP contribution < -0.4 is 0 Å². The van der Waals surface area contributed by atoms with Crippen molar-refractivity contribution in [2.75, 3.05) is 7.11 Å². The van der Waals surface area contributed by atoms with Gasteiger partial charge in [-0.25, -0.2) is 4.99 Å². The first kappa shape index (κ1) is 14.1. The molecule has 0 fully saturated rings. The van der Waals surface area contributed by atoms with E-state index in [1.807, 2.05) is 12.2 Å². The molecule has 4 rings (SSSR count). The summed E-state index contributed by atoms with van der Waals surface area (Å²) in [6.07, 6.45) is 4.02. The van der Waals surface area contributed by atoms with Crippen LogP contribution in [0.1, 0.15) is 22.6 Å². The van der Waals surface area contributed by atoms with Crippen LogP contribution in [-0.2, 0) is 4.74 Å². The number of thiophene rings is 1. The summed E-state index contributed by atoms with van der Waals surface area (Å²) in [4.78, 5) is 12.7. The van der Waals surface area contributed by atoms with Crippen LogP contribution in [0, 0.1) is 13.8 Å². The Kier molecular flexibility index (Phi) is 3.23. The third-order valence-electron chi connectivity index (χ3n) is 3.97. The molecule has 1 aliphatic rings. The highest BCUT2D eigenvalue weighted by molar-refractivity contribution is 7.16. The lowest BCUT2D eigenvalue weighted by molar-refractivity contribution is 0.303. The van der Waals surface area contributed by atoms with Crippen molar-refractivity contribution < 1.29 is 4.74 Å². The van der Waals surface area contributed by atoms with Crippen LogP contribution in [0.2, 0.25) is 0 Å². The smallest absolute Gasteiger partial charge is 0.146 e. The number of hydrogen-bond donors (Lipinski definition) is 2. The molecule has 4 nitrogen and oxygen atoms in total. The summed E-state index contributed by atoms with van der Waals surface area (Å²) < 4.78 is 5.50. The van der Waals surface area contributed by atoms with Gasteiger partial charge in [-0.3, -0.25) is 0 Å². The Balaban J connectivity index is 1.76. The van der Waals surface area contributed by atoms with Gasteiger partial charge in [0.25, 0.3) is 0 Å². The number of ether oxygens (including phenoxy) is 1. The van der Waals surface area contributed by atoms with Gasteiger partial charge in [-0.1, -0.05) is 0 Å². The zero-order valence-electron chi connectivity index (χ0n) is 13.2. The van der Waals surface area contributed by atoms with E-state index in [-0.39, 0.29) is 0 Å². The number of aliphatic imine (C=N–C) groups is 1. The Labute approximate surface area is 138 Å². The number of aromatic amines is 2. The average Bonchev–Trinajstić information content (AvgIpc) is 3.23. The molecular weight excluding hydrogens is 306 g/mol. The van der Waals surface area contributed by atoms with E-state index >= 15 is 0 Å². The quantitative estimate of drug-likeness (QED) is 0.730. The lowest BCUT2D eigenvalue weighted by Crippen LogP contribution is -1.93. The standard InChI is InChI=1S/C18H17N3OS/c1-10-6-11(2)19-13(10)8-16-17(22-3)9-15(20-16)14-7-12-4-5-23-18(12)21-14/h4-9,19,21H,1-3H3/b16-8-. The highest BCUT2D eigenvalue weighted by atomic mass is 32.1. The van der Waals surface area contributed by atoms with Gasteiger partial charge < -0.3 is 14.7 Å². The summed E-state index contributed by atoms with van der Waals surface area (Å²) in [6, 6.07) is 6.36. The fourth-order valence-corrected chi connectivity index (χ4v) is 3.63. The van der Waals surface area contributed by atoms with Crippen molar-refractivity contribution in [2.24, 2.45) is 4.99 Å². The van der Waals surface area contributed by atoms with Crippen molar-refractivity contribution in [3.63, 3.8) is 0 Å². The van der Waals surface area contributed by atoms with Crippen molar-refractivity contribution in [3.8, 4) is 0 Å². The molecule has 4 heterocycles. The highest BCUT2D eigenvalue weighted by Crippen LogP contribution is 2.28. The van der Waals surface area contributed by atoms with Crippen molar-refractivity contribution in [3.05, 3.63) is 63.8 Å². The van der Waals surface area contributed by atoms with Crippen LogP contribution in [0.4, 0.5) is 0 Å². The van der Waals surface area contributed by atoms with E-state index in [2.05, 4.69) is 47.4 Å². The van der Waals surface area contributed by atoms with Gasteiger partial charge >= 0.3 is 0 Å². The summed E-state index contributed by atoms with van der Waals surface area (Å²) in [5.41, 5.74) is 6.17. The molecule has 0 bridgehead atoms. The Morgan fingerprint density at radius 1 is 1.22 bits per heavy atom. The molecule has 0 radical (unpaired) electrons. The molecule has 5 heteroatoms. The van der Waals surface area contributed by atoms with E-state index in [4.69, 9.17) is 9.73 Å². The van der Waals surface area contributed by atoms with E-state index in [0.29, 0.717) is 0 Å². The normalized spacial score (nSPS) is 16.2. The van der Waals surface area contributed by atoms with Crippen molar-refractivity contribution in [2.45, 2.75) is 13.8 Å². The summed E-state index contributed by atoms with van der Waals surface area (Å²) in [6.45, 7) is 4.14. The third kappa shape index (κ3) is 2.43. The minimum Gasteiger partial charge on any atom is -0.494 e. The number of allylic oxidation sites excluding steroid dienone is 1. The molecule has 3 aromatic rings. The largest absolute Gasteiger partial charge is 0.494 e. The second kappa shape index (κ2) is 5.28. The minimum atomic E-state index is 0.782. The van der Waals surface area contributed by atoms with Crippen molar-refractivity contribution in [1.29, 1.82) is 0 Å². The van der Waals surface area contributed by atoms with Gasteiger partial charge in [-0.2, -0.15) is 0 Å². The van der Waals surface area contributed by atoms with Crippen LogP contribution >= 0.6 is 11.3 Å². The monoisotopic (exact) mass is 323 g/mol. The fourth-order valence-electron chi connectivity index (χ4n) is 2.84. The van der Waals surface area contributed by atoms with Gasteiger partial charge in [0.1, 0.15) is 16.3 Å². The maximum absolute atomic E-state index is 5.50. The van der Waals surface area contributed by atoms with E-state index in [1.165, 1.54) is 15.8 Å². The molecule has 0 saturated heterocycles. The number of methoxy groups -OCH3 is 1. The van der Waals surface area contributed by atoms with Gasteiger partial charge in [0, 0.05) is 22.9 Å². The molecule has 0 spiro atoms. The van der Waals surface area contributed by atoms with E-state index in [9.17, 15) is 0 Å². The Hall–Kier alpha value is -2.53. The molecule has 23 heavy (non-hydrogen) atoms. The number of H-pyrrole nitrogens is 2. The first-order valence-electron chi connectivity index (χ1n) is 7.43. The summed E-state index contributed by atoms with van der Waals surface area (Å²) in [5.74, 6) is 0.782. The Morgan fingerprint density at radius 3 is 2.78 bits per heavy atom. The number of fused-ring (bicyclic) bond motifs is 1. The number of rotatable bonds is 3. The van der Waals surface area contributed by atoms with Gasteiger partial charge in [0.2, 0.25) is 0 Å². The van der Waals surface area contributed by atoms with Crippen molar-refractivity contribution in [1.82, 2.24) is 9.97 Å². The second-order valence-corrected chi connectivity index (χ2v) is 6.59. The molecule has 1 aliphatic heterocycles. The van der Waals surface area contributed by atoms with Crippen LogP contribution in [0.15, 0.2) is 46.1 Å². The van der Waals surface area contributed by atoms with Gasteiger partial charge in [0.05, 0.1) is 18.5 Å². The van der Waals surface area contributed by atoms with Gasteiger partial charge in [0.15, 0.2) is 0 Å². The molecule has 0 unspecified atom stereocenters. The minimum absolute atomic E-state index is 0.782. The summed E-state index contributed by atoms with van der Waals surface area (Å²) >= 11 is 1.70. The zero-order chi connectivity index (χ0) is 16.0. The molecule has 3 aromatic heterocycles. The third-order valence-corrected chi connectivity index (χ3v) is 4.82. The molecule has 2 N–H and O–H groups in total. The number of aryl methyl sites for hydroxylation is 2. The van der Waals surface area contributed by atoms with Gasteiger partial charge in [-0.05, 0) is 49.1 Å². The van der Waals surface area contributed by atoms with E-state index in [1.54, 1.807) is 18.4 Å².